The predicted octanol–water partition coefficient (Wildman–Crippen LogP) is 1.24. The largest absolute Gasteiger partial charge is 0.383 e. The van der Waals surface area contributed by atoms with Crippen molar-refractivity contribution in [3.05, 3.63) is 23.8 Å². The Balaban J connectivity index is 1.96. The van der Waals surface area contributed by atoms with Crippen molar-refractivity contribution in [2.24, 2.45) is 0 Å². The first-order valence-corrected chi connectivity index (χ1v) is 6.40. The number of ether oxygens (including phenoxy) is 2. The first kappa shape index (κ1) is 13.4. The Morgan fingerprint density at radius 1 is 1.56 bits per heavy atom. The quantitative estimate of drug-likeness (QED) is 0.771. The Morgan fingerprint density at radius 2 is 2.44 bits per heavy atom. The Labute approximate surface area is 108 Å². The lowest BCUT2D eigenvalue weighted by Crippen LogP contribution is -2.25. The summed E-state index contributed by atoms with van der Waals surface area (Å²) in [6.07, 6.45) is 3.88. The van der Waals surface area contributed by atoms with Crippen LogP contribution >= 0.6 is 0 Å². The molecule has 1 N–H and O–H groups in total. The van der Waals surface area contributed by atoms with Crippen molar-refractivity contribution in [1.82, 2.24) is 15.3 Å². The van der Waals surface area contributed by atoms with Gasteiger partial charge in [0.25, 0.3) is 0 Å². The van der Waals surface area contributed by atoms with E-state index in [-0.39, 0.29) is 5.60 Å². The summed E-state index contributed by atoms with van der Waals surface area (Å²) < 4.78 is 10.7. The molecule has 1 aromatic rings. The second-order valence-electron chi connectivity index (χ2n) is 4.72. The molecule has 0 spiro atoms. The van der Waals surface area contributed by atoms with Crippen LogP contribution < -0.4 is 5.32 Å². The van der Waals surface area contributed by atoms with E-state index in [9.17, 15) is 0 Å². The third kappa shape index (κ3) is 3.25. The topological polar surface area (TPSA) is 56.3 Å². The van der Waals surface area contributed by atoms with Crippen molar-refractivity contribution >= 4 is 0 Å². The van der Waals surface area contributed by atoms with Crippen LogP contribution in [0.1, 0.15) is 31.3 Å². The van der Waals surface area contributed by atoms with E-state index in [1.807, 2.05) is 12.3 Å². The van der Waals surface area contributed by atoms with Gasteiger partial charge in [-0.3, -0.25) is 0 Å². The summed E-state index contributed by atoms with van der Waals surface area (Å²) in [6, 6.07) is 1.93. The molecule has 1 atom stereocenters. The molecule has 1 unspecified atom stereocenters. The van der Waals surface area contributed by atoms with Gasteiger partial charge in [-0.05, 0) is 25.8 Å². The molecule has 1 aromatic heterocycles. The molecule has 2 heterocycles. The van der Waals surface area contributed by atoms with Gasteiger partial charge in [-0.25, -0.2) is 9.97 Å². The predicted molar refractivity (Wildman–Crippen MR) is 68.2 cm³/mol. The first-order chi connectivity index (χ1) is 8.74. The third-order valence-electron chi connectivity index (χ3n) is 3.19. The van der Waals surface area contributed by atoms with Crippen LogP contribution in [0, 0.1) is 0 Å². The molecule has 0 aromatic carbocycles. The number of aromatic nitrogens is 2. The second kappa shape index (κ2) is 6.22. The van der Waals surface area contributed by atoms with Crippen molar-refractivity contribution in [3.63, 3.8) is 0 Å². The Bertz CT molecular complexity index is 378. The molecule has 1 aliphatic heterocycles. The maximum absolute atomic E-state index is 5.76. The minimum absolute atomic E-state index is 0.303. The summed E-state index contributed by atoms with van der Waals surface area (Å²) in [5.41, 5.74) is 0.690. The zero-order chi connectivity index (χ0) is 12.8. The third-order valence-corrected chi connectivity index (χ3v) is 3.19. The highest BCUT2D eigenvalue weighted by atomic mass is 16.5. The van der Waals surface area contributed by atoms with E-state index < -0.39 is 0 Å². The van der Waals surface area contributed by atoms with Gasteiger partial charge in [0.05, 0.1) is 12.3 Å². The lowest BCUT2D eigenvalue weighted by atomic mass is 10.0. The van der Waals surface area contributed by atoms with Crippen LogP contribution in [0.5, 0.6) is 0 Å². The molecule has 0 bridgehead atoms. The van der Waals surface area contributed by atoms with Crippen LogP contribution in [0.25, 0.3) is 0 Å². The summed E-state index contributed by atoms with van der Waals surface area (Å²) in [7, 11) is 1.70. The highest BCUT2D eigenvalue weighted by Crippen LogP contribution is 2.33. The lowest BCUT2D eigenvalue weighted by molar-refractivity contribution is 0.00912. The number of nitrogens with zero attached hydrogens (tertiary/aromatic N) is 2. The molecule has 0 amide bonds. The lowest BCUT2D eigenvalue weighted by Gasteiger charge is -2.21. The molecular formula is C13H21N3O2. The van der Waals surface area contributed by atoms with Crippen LogP contribution in [-0.2, 0) is 21.6 Å². The normalized spacial score (nSPS) is 23.4. The minimum atomic E-state index is -0.303. The van der Waals surface area contributed by atoms with E-state index in [4.69, 9.17) is 9.47 Å². The molecule has 0 saturated carbocycles. The first-order valence-electron chi connectivity index (χ1n) is 6.40. The van der Waals surface area contributed by atoms with Crippen molar-refractivity contribution in [2.75, 3.05) is 26.9 Å². The van der Waals surface area contributed by atoms with Gasteiger partial charge >= 0.3 is 0 Å². The smallest absolute Gasteiger partial charge is 0.160 e. The fourth-order valence-electron chi connectivity index (χ4n) is 2.10. The van der Waals surface area contributed by atoms with E-state index in [0.717, 1.165) is 44.1 Å². The average Bonchev–Trinajstić information content (AvgIpc) is 2.84. The number of hydrogen-bond donors (Lipinski definition) is 1. The fraction of sp³-hybridized carbons (Fsp3) is 0.692. The maximum atomic E-state index is 5.76. The number of hydrogen-bond acceptors (Lipinski definition) is 5. The van der Waals surface area contributed by atoms with Crippen LogP contribution in [0.4, 0.5) is 0 Å². The van der Waals surface area contributed by atoms with Crippen LogP contribution in [0.2, 0.25) is 0 Å². The zero-order valence-corrected chi connectivity index (χ0v) is 11.1. The van der Waals surface area contributed by atoms with Gasteiger partial charge in [-0.2, -0.15) is 0 Å². The zero-order valence-electron chi connectivity index (χ0n) is 11.1. The fourth-order valence-corrected chi connectivity index (χ4v) is 2.10. The summed E-state index contributed by atoms with van der Waals surface area (Å²) in [6.45, 7) is 5.13. The number of methoxy groups -OCH3 is 1. The van der Waals surface area contributed by atoms with E-state index in [1.54, 1.807) is 7.11 Å². The molecule has 18 heavy (non-hydrogen) atoms. The maximum Gasteiger partial charge on any atom is 0.160 e. The van der Waals surface area contributed by atoms with Gasteiger partial charge in [0, 0.05) is 33.0 Å². The minimum Gasteiger partial charge on any atom is -0.383 e. The number of rotatable bonds is 6. The summed E-state index contributed by atoms with van der Waals surface area (Å²) in [5, 5.41) is 3.28. The van der Waals surface area contributed by atoms with Crippen LogP contribution in [0.3, 0.4) is 0 Å². The molecule has 5 nitrogen and oxygen atoms in total. The van der Waals surface area contributed by atoms with Gasteiger partial charge in [0.2, 0.25) is 0 Å². The van der Waals surface area contributed by atoms with Gasteiger partial charge in [0.1, 0.15) is 5.60 Å². The van der Waals surface area contributed by atoms with Gasteiger partial charge in [-0.1, -0.05) is 0 Å². The average molecular weight is 251 g/mol. The summed E-state index contributed by atoms with van der Waals surface area (Å²) >= 11 is 0. The molecule has 0 radical (unpaired) electrons. The van der Waals surface area contributed by atoms with Crippen molar-refractivity contribution in [3.8, 4) is 0 Å². The van der Waals surface area contributed by atoms with E-state index in [2.05, 4.69) is 22.2 Å². The molecule has 1 fully saturated rings. The highest BCUT2D eigenvalue weighted by molar-refractivity contribution is 5.08. The summed E-state index contributed by atoms with van der Waals surface area (Å²) in [5.74, 6) is 0.797. The Kier molecular flexibility index (Phi) is 4.63. The van der Waals surface area contributed by atoms with Crippen molar-refractivity contribution in [2.45, 2.75) is 31.9 Å². The van der Waals surface area contributed by atoms with Crippen LogP contribution in [-0.4, -0.2) is 36.8 Å². The Morgan fingerprint density at radius 3 is 3.17 bits per heavy atom. The monoisotopic (exact) mass is 251 g/mol. The van der Waals surface area contributed by atoms with E-state index >= 15 is 0 Å². The number of nitrogens with one attached hydrogen (secondary N) is 1. The molecular weight excluding hydrogens is 230 g/mol. The standard InChI is InChI=1S/C13H21N3O2/c1-13(5-3-8-18-13)12-15-6-4-11(16-12)10-14-7-9-17-2/h4,6,14H,3,5,7-10H2,1-2H3. The Hall–Kier alpha value is -1.04. The second-order valence-corrected chi connectivity index (χ2v) is 4.72. The molecule has 2 rings (SSSR count). The van der Waals surface area contributed by atoms with Gasteiger partial charge < -0.3 is 14.8 Å². The van der Waals surface area contributed by atoms with E-state index in [1.165, 1.54) is 0 Å². The van der Waals surface area contributed by atoms with Crippen molar-refractivity contribution < 1.29 is 9.47 Å². The van der Waals surface area contributed by atoms with Crippen molar-refractivity contribution in [1.29, 1.82) is 0 Å². The molecule has 1 saturated heterocycles. The molecule has 5 heteroatoms. The molecule has 100 valence electrons. The SMILES string of the molecule is COCCNCc1ccnc(C2(C)CCCO2)n1. The van der Waals surface area contributed by atoms with E-state index in [0.29, 0.717) is 6.61 Å². The molecule has 1 aliphatic rings. The highest BCUT2D eigenvalue weighted by Gasteiger charge is 2.34. The molecule has 0 aliphatic carbocycles. The summed E-state index contributed by atoms with van der Waals surface area (Å²) in [4.78, 5) is 8.93. The van der Waals surface area contributed by atoms with Gasteiger partial charge in [0.15, 0.2) is 5.82 Å². The van der Waals surface area contributed by atoms with Crippen LogP contribution in [0.15, 0.2) is 12.3 Å². The van der Waals surface area contributed by atoms with Gasteiger partial charge in [-0.15, -0.1) is 0 Å².